The summed E-state index contributed by atoms with van der Waals surface area (Å²) in [5.41, 5.74) is -0.872. The Bertz CT molecular complexity index is 463. The van der Waals surface area contributed by atoms with Gasteiger partial charge in [0, 0.05) is 18.7 Å². The molecule has 1 aromatic carbocycles. The van der Waals surface area contributed by atoms with E-state index < -0.39 is 11.7 Å². The number of hydrogen-bond donors (Lipinski definition) is 2. The van der Waals surface area contributed by atoms with E-state index in [0.717, 1.165) is 25.1 Å². The Morgan fingerprint density at radius 3 is 2.60 bits per heavy atom. The molecule has 0 heterocycles. The normalized spacial score (nSPS) is 11.4. The first kappa shape index (κ1) is 16.8. The number of rotatable bonds is 6. The standard InChI is InChI=1S/C13H16ClF3N2O/c1-2-6-18-7-5-12(20)19-9-3-4-11(14)10(8-9)13(15,16)17/h3-4,8,18H,2,5-7H2,1H3,(H,19,20). The monoisotopic (exact) mass is 308 g/mol. The molecule has 0 aliphatic carbocycles. The summed E-state index contributed by atoms with van der Waals surface area (Å²) in [4.78, 5) is 11.6. The molecular weight excluding hydrogens is 293 g/mol. The third-order valence-electron chi connectivity index (χ3n) is 2.51. The van der Waals surface area contributed by atoms with Gasteiger partial charge in [-0.1, -0.05) is 18.5 Å². The lowest BCUT2D eigenvalue weighted by atomic mass is 10.2. The number of anilines is 1. The highest BCUT2D eigenvalue weighted by atomic mass is 35.5. The summed E-state index contributed by atoms with van der Waals surface area (Å²) in [5.74, 6) is -0.343. The Labute approximate surface area is 120 Å². The molecule has 0 aliphatic heterocycles. The lowest BCUT2D eigenvalue weighted by Gasteiger charge is -2.12. The van der Waals surface area contributed by atoms with Gasteiger partial charge in [-0.2, -0.15) is 13.2 Å². The van der Waals surface area contributed by atoms with Crippen LogP contribution < -0.4 is 10.6 Å². The zero-order valence-electron chi connectivity index (χ0n) is 11.0. The zero-order chi connectivity index (χ0) is 15.2. The SMILES string of the molecule is CCCNCCC(=O)Nc1ccc(Cl)c(C(F)(F)F)c1. The first-order valence-corrected chi connectivity index (χ1v) is 6.59. The van der Waals surface area contributed by atoms with Crippen molar-refractivity contribution in [3.63, 3.8) is 0 Å². The van der Waals surface area contributed by atoms with Crippen molar-refractivity contribution in [2.45, 2.75) is 25.9 Å². The van der Waals surface area contributed by atoms with E-state index in [0.29, 0.717) is 6.54 Å². The van der Waals surface area contributed by atoms with Gasteiger partial charge in [-0.15, -0.1) is 0 Å². The predicted octanol–water partition coefficient (Wildman–Crippen LogP) is 3.69. The largest absolute Gasteiger partial charge is 0.417 e. The summed E-state index contributed by atoms with van der Waals surface area (Å²) in [5, 5.41) is 5.07. The number of nitrogens with one attached hydrogen (secondary N) is 2. The van der Waals surface area contributed by atoms with Gasteiger partial charge in [-0.05, 0) is 31.2 Å². The third-order valence-corrected chi connectivity index (χ3v) is 2.84. The second-order valence-electron chi connectivity index (χ2n) is 4.24. The van der Waals surface area contributed by atoms with E-state index in [-0.39, 0.29) is 23.0 Å². The first-order chi connectivity index (χ1) is 9.34. The van der Waals surface area contributed by atoms with Gasteiger partial charge in [-0.25, -0.2) is 0 Å². The van der Waals surface area contributed by atoms with Crippen LogP contribution in [0.3, 0.4) is 0 Å². The molecule has 0 bridgehead atoms. The second kappa shape index (κ2) is 7.50. The highest BCUT2D eigenvalue weighted by molar-refractivity contribution is 6.31. The molecule has 0 spiro atoms. The van der Waals surface area contributed by atoms with Crippen molar-refractivity contribution in [2.24, 2.45) is 0 Å². The number of halogens is 4. The van der Waals surface area contributed by atoms with E-state index >= 15 is 0 Å². The van der Waals surface area contributed by atoms with Crippen LogP contribution in [0, 0.1) is 0 Å². The van der Waals surface area contributed by atoms with Crippen LogP contribution in [0.1, 0.15) is 25.3 Å². The molecule has 20 heavy (non-hydrogen) atoms. The molecule has 112 valence electrons. The highest BCUT2D eigenvalue weighted by Gasteiger charge is 2.33. The molecule has 0 saturated heterocycles. The third kappa shape index (κ3) is 5.38. The first-order valence-electron chi connectivity index (χ1n) is 6.22. The second-order valence-corrected chi connectivity index (χ2v) is 4.65. The zero-order valence-corrected chi connectivity index (χ0v) is 11.7. The minimum Gasteiger partial charge on any atom is -0.326 e. The van der Waals surface area contributed by atoms with Crippen LogP contribution in [-0.4, -0.2) is 19.0 Å². The van der Waals surface area contributed by atoms with Gasteiger partial charge in [0.15, 0.2) is 0 Å². The molecule has 3 nitrogen and oxygen atoms in total. The van der Waals surface area contributed by atoms with Gasteiger partial charge in [0.2, 0.25) is 5.91 Å². The van der Waals surface area contributed by atoms with Crippen LogP contribution in [0.25, 0.3) is 0 Å². The summed E-state index contributed by atoms with van der Waals surface area (Å²) in [6.07, 6.45) is -3.39. The van der Waals surface area contributed by atoms with Crippen molar-refractivity contribution < 1.29 is 18.0 Å². The number of carbonyl (C=O) groups is 1. The lowest BCUT2D eigenvalue weighted by molar-refractivity contribution is -0.137. The van der Waals surface area contributed by atoms with E-state index in [4.69, 9.17) is 11.6 Å². The van der Waals surface area contributed by atoms with Crippen molar-refractivity contribution in [2.75, 3.05) is 18.4 Å². The minimum absolute atomic E-state index is 0.0854. The minimum atomic E-state index is -4.54. The Kier molecular flexibility index (Phi) is 6.29. The molecule has 0 aromatic heterocycles. The summed E-state index contributed by atoms with van der Waals surface area (Å²) < 4.78 is 37.9. The average molecular weight is 309 g/mol. The number of benzene rings is 1. The Morgan fingerprint density at radius 2 is 2.00 bits per heavy atom. The van der Waals surface area contributed by atoms with Crippen LogP contribution >= 0.6 is 11.6 Å². The number of amides is 1. The quantitative estimate of drug-likeness (QED) is 0.787. The summed E-state index contributed by atoms with van der Waals surface area (Å²) >= 11 is 5.49. The number of hydrogen-bond acceptors (Lipinski definition) is 2. The molecule has 0 fully saturated rings. The van der Waals surface area contributed by atoms with Crippen molar-refractivity contribution in [1.29, 1.82) is 0 Å². The van der Waals surface area contributed by atoms with Gasteiger partial charge >= 0.3 is 6.18 Å². The Balaban J connectivity index is 2.62. The van der Waals surface area contributed by atoms with Crippen LogP contribution in [0.5, 0.6) is 0 Å². The lowest BCUT2D eigenvalue weighted by Crippen LogP contribution is -2.22. The summed E-state index contributed by atoms with van der Waals surface area (Å²) in [7, 11) is 0. The molecule has 1 amide bonds. The van der Waals surface area contributed by atoms with Crippen molar-refractivity contribution in [1.82, 2.24) is 5.32 Å². The molecule has 7 heteroatoms. The molecule has 1 aromatic rings. The fourth-order valence-corrected chi connectivity index (χ4v) is 1.77. The topological polar surface area (TPSA) is 41.1 Å². The smallest absolute Gasteiger partial charge is 0.326 e. The highest BCUT2D eigenvalue weighted by Crippen LogP contribution is 2.36. The van der Waals surface area contributed by atoms with E-state index in [1.807, 2.05) is 6.92 Å². The Morgan fingerprint density at radius 1 is 1.30 bits per heavy atom. The molecule has 2 N–H and O–H groups in total. The Hall–Kier alpha value is -1.27. The van der Waals surface area contributed by atoms with E-state index in [2.05, 4.69) is 10.6 Å². The van der Waals surface area contributed by atoms with Crippen LogP contribution in [-0.2, 0) is 11.0 Å². The fourth-order valence-electron chi connectivity index (χ4n) is 1.55. The molecule has 0 atom stereocenters. The van der Waals surface area contributed by atoms with E-state index in [1.54, 1.807) is 0 Å². The maximum Gasteiger partial charge on any atom is 0.417 e. The molecule has 0 radical (unpaired) electrons. The number of carbonyl (C=O) groups excluding carboxylic acids is 1. The molecule has 0 unspecified atom stereocenters. The molecule has 0 aliphatic rings. The van der Waals surface area contributed by atoms with Crippen molar-refractivity contribution >= 4 is 23.2 Å². The average Bonchev–Trinajstić information content (AvgIpc) is 2.36. The maximum absolute atomic E-state index is 12.6. The van der Waals surface area contributed by atoms with Crippen molar-refractivity contribution in [3.05, 3.63) is 28.8 Å². The van der Waals surface area contributed by atoms with Crippen LogP contribution in [0.2, 0.25) is 5.02 Å². The van der Waals surface area contributed by atoms with E-state index in [1.165, 1.54) is 6.07 Å². The van der Waals surface area contributed by atoms with Gasteiger partial charge < -0.3 is 10.6 Å². The van der Waals surface area contributed by atoms with Crippen LogP contribution in [0.15, 0.2) is 18.2 Å². The maximum atomic E-state index is 12.6. The van der Waals surface area contributed by atoms with Crippen molar-refractivity contribution in [3.8, 4) is 0 Å². The number of alkyl halides is 3. The summed E-state index contributed by atoms with van der Waals surface area (Å²) in [6, 6.07) is 3.30. The van der Waals surface area contributed by atoms with Gasteiger partial charge in [0.05, 0.1) is 10.6 Å². The van der Waals surface area contributed by atoms with E-state index in [9.17, 15) is 18.0 Å². The van der Waals surface area contributed by atoms with Gasteiger partial charge in [0.25, 0.3) is 0 Å². The molecule has 0 saturated carbocycles. The fraction of sp³-hybridized carbons (Fsp3) is 0.462. The predicted molar refractivity (Wildman–Crippen MR) is 72.9 cm³/mol. The summed E-state index contributed by atoms with van der Waals surface area (Å²) in [6.45, 7) is 3.28. The van der Waals surface area contributed by atoms with Crippen LogP contribution in [0.4, 0.5) is 18.9 Å². The van der Waals surface area contributed by atoms with Gasteiger partial charge in [0.1, 0.15) is 0 Å². The molecule has 1 rings (SSSR count). The molecular formula is C13H16ClF3N2O. The van der Waals surface area contributed by atoms with Gasteiger partial charge in [-0.3, -0.25) is 4.79 Å².